The Balaban J connectivity index is 1.72. The highest BCUT2D eigenvalue weighted by Crippen LogP contribution is 2.07. The number of nitrogens with two attached hydrogens (primary N) is 1. The summed E-state index contributed by atoms with van der Waals surface area (Å²) < 4.78 is 7.64. The van der Waals surface area contributed by atoms with Crippen LogP contribution >= 0.6 is 0 Å². The Morgan fingerprint density at radius 1 is 1.33 bits per heavy atom. The first-order chi connectivity index (χ1) is 8.75. The van der Waals surface area contributed by atoms with E-state index in [-0.39, 0.29) is 0 Å². The molecule has 0 saturated carbocycles. The summed E-state index contributed by atoms with van der Waals surface area (Å²) in [4.78, 5) is 4.00. The van der Waals surface area contributed by atoms with Crippen molar-refractivity contribution in [3.63, 3.8) is 0 Å². The van der Waals surface area contributed by atoms with Crippen molar-refractivity contribution in [2.45, 2.75) is 20.1 Å². The summed E-state index contributed by atoms with van der Waals surface area (Å²) in [5.41, 5.74) is 6.92. The second-order valence-electron chi connectivity index (χ2n) is 4.54. The van der Waals surface area contributed by atoms with Gasteiger partial charge in [0.25, 0.3) is 0 Å². The summed E-state index contributed by atoms with van der Waals surface area (Å²) in [6.45, 7) is 4.35. The molecule has 0 aliphatic heterocycles. The molecule has 4 heteroatoms. The summed E-state index contributed by atoms with van der Waals surface area (Å²) in [7, 11) is 0. The van der Waals surface area contributed by atoms with Crippen molar-refractivity contribution >= 4 is 5.95 Å². The number of rotatable bonds is 6. The lowest BCUT2D eigenvalue weighted by Gasteiger charge is -2.13. The van der Waals surface area contributed by atoms with Crippen LogP contribution in [-0.2, 0) is 17.9 Å². The molecule has 1 aromatic heterocycles. The average molecular weight is 245 g/mol. The van der Waals surface area contributed by atoms with Crippen LogP contribution in [-0.4, -0.2) is 16.2 Å². The molecule has 1 atom stereocenters. The molecule has 18 heavy (non-hydrogen) atoms. The minimum absolute atomic E-state index is 0.408. The first-order valence-electron chi connectivity index (χ1n) is 6.14. The van der Waals surface area contributed by atoms with Gasteiger partial charge in [-0.1, -0.05) is 37.3 Å². The molecule has 0 fully saturated rings. The highest BCUT2D eigenvalue weighted by molar-refractivity contribution is 5.16. The van der Waals surface area contributed by atoms with Gasteiger partial charge in [-0.25, -0.2) is 4.98 Å². The molecule has 2 rings (SSSR count). The number of anilines is 1. The van der Waals surface area contributed by atoms with Gasteiger partial charge in [0.1, 0.15) is 0 Å². The van der Waals surface area contributed by atoms with E-state index in [1.165, 1.54) is 5.56 Å². The molecule has 2 N–H and O–H groups in total. The van der Waals surface area contributed by atoms with Gasteiger partial charge in [0.05, 0.1) is 13.2 Å². The Labute approximate surface area is 107 Å². The van der Waals surface area contributed by atoms with Crippen LogP contribution in [0.5, 0.6) is 0 Å². The lowest BCUT2D eigenvalue weighted by atomic mass is 10.2. The van der Waals surface area contributed by atoms with Gasteiger partial charge in [-0.15, -0.1) is 0 Å². The molecule has 4 nitrogen and oxygen atoms in total. The maximum Gasteiger partial charge on any atom is 0.200 e. The van der Waals surface area contributed by atoms with Crippen molar-refractivity contribution in [3.8, 4) is 0 Å². The number of hydrogen-bond acceptors (Lipinski definition) is 3. The Morgan fingerprint density at radius 3 is 2.78 bits per heavy atom. The van der Waals surface area contributed by atoms with Gasteiger partial charge in [-0.2, -0.15) is 0 Å². The largest absolute Gasteiger partial charge is 0.376 e. The second kappa shape index (κ2) is 6.21. The molecule has 1 unspecified atom stereocenters. The van der Waals surface area contributed by atoms with Crippen molar-refractivity contribution in [3.05, 3.63) is 48.3 Å². The number of aromatic nitrogens is 2. The van der Waals surface area contributed by atoms with E-state index in [1.54, 1.807) is 6.20 Å². The van der Waals surface area contributed by atoms with Crippen molar-refractivity contribution in [1.82, 2.24) is 9.55 Å². The van der Waals surface area contributed by atoms with Crippen LogP contribution in [0, 0.1) is 5.92 Å². The van der Waals surface area contributed by atoms with E-state index in [4.69, 9.17) is 10.5 Å². The van der Waals surface area contributed by atoms with Crippen LogP contribution in [0.25, 0.3) is 0 Å². The highest BCUT2D eigenvalue weighted by Gasteiger charge is 2.05. The fourth-order valence-electron chi connectivity index (χ4n) is 1.84. The molecule has 0 aliphatic carbocycles. The van der Waals surface area contributed by atoms with Crippen LogP contribution in [0.2, 0.25) is 0 Å². The van der Waals surface area contributed by atoms with E-state index in [2.05, 4.69) is 24.0 Å². The normalized spacial score (nSPS) is 12.5. The van der Waals surface area contributed by atoms with E-state index in [9.17, 15) is 0 Å². The van der Waals surface area contributed by atoms with E-state index >= 15 is 0 Å². The molecule has 2 aromatic rings. The number of benzene rings is 1. The van der Waals surface area contributed by atoms with Crippen LogP contribution in [0.4, 0.5) is 5.95 Å². The van der Waals surface area contributed by atoms with Crippen LogP contribution in [0.15, 0.2) is 42.7 Å². The third kappa shape index (κ3) is 3.60. The SMILES string of the molecule is CC(COCc1ccccc1)Cn1ccnc1N. The van der Waals surface area contributed by atoms with Crippen LogP contribution in [0.3, 0.4) is 0 Å². The van der Waals surface area contributed by atoms with Gasteiger partial charge in [-0.05, 0) is 11.5 Å². The molecule has 0 saturated heterocycles. The average Bonchev–Trinajstić information content (AvgIpc) is 2.76. The molecule has 1 aromatic carbocycles. The zero-order valence-electron chi connectivity index (χ0n) is 10.6. The molecule has 0 amide bonds. The number of ether oxygens (including phenoxy) is 1. The lowest BCUT2D eigenvalue weighted by Crippen LogP contribution is -2.14. The van der Waals surface area contributed by atoms with Gasteiger partial charge in [0, 0.05) is 18.9 Å². The third-order valence-electron chi connectivity index (χ3n) is 2.77. The topological polar surface area (TPSA) is 53.1 Å². The monoisotopic (exact) mass is 245 g/mol. The van der Waals surface area contributed by atoms with E-state index < -0.39 is 0 Å². The van der Waals surface area contributed by atoms with Crippen LogP contribution in [0.1, 0.15) is 12.5 Å². The third-order valence-corrected chi connectivity index (χ3v) is 2.77. The Kier molecular flexibility index (Phi) is 4.36. The number of imidazole rings is 1. The minimum atomic E-state index is 0.408. The van der Waals surface area contributed by atoms with Gasteiger partial charge >= 0.3 is 0 Å². The fraction of sp³-hybridized carbons (Fsp3) is 0.357. The number of hydrogen-bond donors (Lipinski definition) is 1. The van der Waals surface area contributed by atoms with E-state index in [0.717, 1.165) is 6.54 Å². The quantitative estimate of drug-likeness (QED) is 0.849. The Hall–Kier alpha value is -1.81. The Bertz CT molecular complexity index is 467. The smallest absolute Gasteiger partial charge is 0.200 e. The molecular weight excluding hydrogens is 226 g/mol. The lowest BCUT2D eigenvalue weighted by molar-refractivity contribution is 0.0870. The van der Waals surface area contributed by atoms with Gasteiger partial charge in [-0.3, -0.25) is 0 Å². The molecular formula is C14H19N3O. The van der Waals surface area contributed by atoms with Crippen molar-refractivity contribution in [2.75, 3.05) is 12.3 Å². The summed E-state index contributed by atoms with van der Waals surface area (Å²) >= 11 is 0. The first kappa shape index (κ1) is 12.6. The number of nitrogens with zero attached hydrogens (tertiary/aromatic N) is 2. The minimum Gasteiger partial charge on any atom is -0.376 e. The summed E-state index contributed by atoms with van der Waals surface area (Å²) in [5.74, 6) is 0.968. The first-order valence-corrected chi connectivity index (χ1v) is 6.14. The molecule has 0 radical (unpaired) electrons. The molecule has 96 valence electrons. The fourth-order valence-corrected chi connectivity index (χ4v) is 1.84. The highest BCUT2D eigenvalue weighted by atomic mass is 16.5. The summed E-state index contributed by atoms with van der Waals surface area (Å²) in [6.07, 6.45) is 3.61. The zero-order valence-corrected chi connectivity index (χ0v) is 10.6. The van der Waals surface area contributed by atoms with Gasteiger partial charge in [0.15, 0.2) is 5.95 Å². The standard InChI is InChI=1S/C14H19N3O/c1-12(9-17-8-7-16-14(17)15)10-18-11-13-5-3-2-4-6-13/h2-8,12H,9-11H2,1H3,(H2,15,16). The van der Waals surface area contributed by atoms with Crippen molar-refractivity contribution < 1.29 is 4.74 Å². The second-order valence-corrected chi connectivity index (χ2v) is 4.54. The summed E-state index contributed by atoms with van der Waals surface area (Å²) in [5, 5.41) is 0. The summed E-state index contributed by atoms with van der Waals surface area (Å²) in [6, 6.07) is 10.2. The van der Waals surface area contributed by atoms with Crippen molar-refractivity contribution in [2.24, 2.45) is 5.92 Å². The van der Waals surface area contributed by atoms with Crippen LogP contribution < -0.4 is 5.73 Å². The zero-order chi connectivity index (χ0) is 12.8. The predicted molar refractivity (Wildman–Crippen MR) is 71.9 cm³/mol. The molecule has 1 heterocycles. The maximum absolute atomic E-state index is 5.72. The van der Waals surface area contributed by atoms with Crippen molar-refractivity contribution in [1.29, 1.82) is 0 Å². The van der Waals surface area contributed by atoms with E-state index in [0.29, 0.717) is 25.1 Å². The van der Waals surface area contributed by atoms with Gasteiger partial charge < -0.3 is 15.0 Å². The molecule has 0 spiro atoms. The molecule has 0 aliphatic rings. The maximum atomic E-state index is 5.72. The predicted octanol–water partition coefficient (Wildman–Crippen LogP) is 2.32. The molecule has 0 bridgehead atoms. The Morgan fingerprint density at radius 2 is 2.11 bits per heavy atom. The van der Waals surface area contributed by atoms with E-state index in [1.807, 2.05) is 29.0 Å². The van der Waals surface area contributed by atoms with Gasteiger partial charge in [0.2, 0.25) is 0 Å². The number of nitrogen functional groups attached to an aromatic ring is 1.